The molecule has 1 fully saturated rings. The van der Waals surface area contributed by atoms with Gasteiger partial charge in [-0.25, -0.2) is 0 Å². The van der Waals surface area contributed by atoms with Gasteiger partial charge < -0.3 is 4.74 Å². The van der Waals surface area contributed by atoms with Crippen LogP contribution in [0.15, 0.2) is 0 Å². The van der Waals surface area contributed by atoms with Crippen LogP contribution in [0.3, 0.4) is 0 Å². The lowest BCUT2D eigenvalue weighted by Crippen LogP contribution is -2.34. The third-order valence-electron chi connectivity index (χ3n) is 4.07. The molecule has 0 N–H and O–H groups in total. The Labute approximate surface area is 116 Å². The fourth-order valence-electron chi connectivity index (χ4n) is 2.91. The van der Waals surface area contributed by atoms with Crippen molar-refractivity contribution in [2.75, 3.05) is 11.9 Å². The molecule has 0 heterocycles. The largest absolute Gasteiger partial charge is 0.378 e. The topological polar surface area (TPSA) is 9.23 Å². The van der Waals surface area contributed by atoms with E-state index in [4.69, 9.17) is 4.74 Å². The van der Waals surface area contributed by atoms with Crippen molar-refractivity contribution in [1.82, 2.24) is 0 Å². The maximum Gasteiger partial charge on any atom is 0.0608 e. The van der Waals surface area contributed by atoms with E-state index in [0.29, 0.717) is 6.10 Å². The van der Waals surface area contributed by atoms with Gasteiger partial charge in [-0.2, -0.15) is 0 Å². The standard InChI is InChI=1S/C15H29BrO/c1-12(2)14-8-7-13(3)11-15(14)17-10-6-4-5-9-16/h12-15H,4-11H2,1-3H3. The maximum atomic E-state index is 6.16. The van der Waals surface area contributed by atoms with Gasteiger partial charge in [-0.1, -0.05) is 49.5 Å². The molecule has 0 aliphatic heterocycles. The minimum absolute atomic E-state index is 0.530. The molecule has 3 unspecified atom stereocenters. The fourth-order valence-corrected chi connectivity index (χ4v) is 3.31. The highest BCUT2D eigenvalue weighted by molar-refractivity contribution is 9.09. The summed E-state index contributed by atoms with van der Waals surface area (Å²) in [5.41, 5.74) is 0. The Kier molecular flexibility index (Phi) is 7.77. The van der Waals surface area contributed by atoms with Gasteiger partial charge in [-0.05, 0) is 43.4 Å². The Morgan fingerprint density at radius 3 is 2.59 bits per heavy atom. The Hall–Kier alpha value is 0.440. The number of unbranched alkanes of at least 4 members (excludes halogenated alkanes) is 2. The van der Waals surface area contributed by atoms with Gasteiger partial charge in [-0.15, -0.1) is 0 Å². The third-order valence-corrected chi connectivity index (χ3v) is 4.63. The summed E-state index contributed by atoms with van der Waals surface area (Å²) < 4.78 is 6.16. The highest BCUT2D eigenvalue weighted by Gasteiger charge is 2.30. The van der Waals surface area contributed by atoms with Crippen LogP contribution in [-0.2, 0) is 4.74 Å². The first-order chi connectivity index (χ1) is 8.15. The van der Waals surface area contributed by atoms with Crippen molar-refractivity contribution in [2.45, 2.75) is 65.4 Å². The zero-order valence-corrected chi connectivity index (χ0v) is 13.3. The molecule has 1 nitrogen and oxygen atoms in total. The second-order valence-electron chi connectivity index (χ2n) is 5.98. The minimum atomic E-state index is 0.530. The molecule has 1 rings (SSSR count). The number of hydrogen-bond donors (Lipinski definition) is 0. The summed E-state index contributed by atoms with van der Waals surface area (Å²) in [5.74, 6) is 2.43. The molecule has 0 amide bonds. The summed E-state index contributed by atoms with van der Waals surface area (Å²) in [5, 5.41) is 1.13. The van der Waals surface area contributed by atoms with Gasteiger partial charge in [0.25, 0.3) is 0 Å². The summed E-state index contributed by atoms with van der Waals surface area (Å²) in [6, 6.07) is 0. The van der Waals surface area contributed by atoms with Crippen molar-refractivity contribution in [3.8, 4) is 0 Å². The molecule has 0 aromatic carbocycles. The minimum Gasteiger partial charge on any atom is -0.378 e. The van der Waals surface area contributed by atoms with Crippen molar-refractivity contribution in [1.29, 1.82) is 0 Å². The molecule has 17 heavy (non-hydrogen) atoms. The fraction of sp³-hybridized carbons (Fsp3) is 1.00. The van der Waals surface area contributed by atoms with E-state index in [-0.39, 0.29) is 0 Å². The van der Waals surface area contributed by atoms with Crippen LogP contribution in [0, 0.1) is 17.8 Å². The van der Waals surface area contributed by atoms with Crippen LogP contribution in [-0.4, -0.2) is 18.0 Å². The molecular formula is C15H29BrO. The Balaban J connectivity index is 2.26. The zero-order chi connectivity index (χ0) is 12.7. The molecular weight excluding hydrogens is 276 g/mol. The third kappa shape index (κ3) is 5.74. The van der Waals surface area contributed by atoms with Crippen LogP contribution in [0.25, 0.3) is 0 Å². The second-order valence-corrected chi connectivity index (χ2v) is 6.78. The van der Waals surface area contributed by atoms with Crippen LogP contribution in [0.5, 0.6) is 0 Å². The van der Waals surface area contributed by atoms with Gasteiger partial charge in [0.2, 0.25) is 0 Å². The SMILES string of the molecule is CC1CCC(C(C)C)C(OCCCCCBr)C1. The van der Waals surface area contributed by atoms with E-state index in [9.17, 15) is 0 Å². The van der Waals surface area contributed by atoms with Crippen molar-refractivity contribution in [2.24, 2.45) is 17.8 Å². The lowest BCUT2D eigenvalue weighted by Gasteiger charge is -2.37. The normalized spacial score (nSPS) is 29.8. The van der Waals surface area contributed by atoms with Gasteiger partial charge in [0.1, 0.15) is 0 Å². The molecule has 0 bridgehead atoms. The highest BCUT2D eigenvalue weighted by atomic mass is 79.9. The quantitative estimate of drug-likeness (QED) is 0.473. The average molecular weight is 305 g/mol. The van der Waals surface area contributed by atoms with Crippen molar-refractivity contribution in [3.05, 3.63) is 0 Å². The first-order valence-corrected chi connectivity index (χ1v) is 8.44. The van der Waals surface area contributed by atoms with Gasteiger partial charge >= 0.3 is 0 Å². The summed E-state index contributed by atoms with van der Waals surface area (Å²) in [7, 11) is 0. The summed E-state index contributed by atoms with van der Waals surface area (Å²) in [6.45, 7) is 8.04. The lowest BCUT2D eigenvalue weighted by molar-refractivity contribution is -0.0393. The Morgan fingerprint density at radius 1 is 1.18 bits per heavy atom. The summed E-state index contributed by atoms with van der Waals surface area (Å²) >= 11 is 3.47. The van der Waals surface area contributed by atoms with E-state index in [0.717, 1.165) is 29.7 Å². The predicted octanol–water partition coefficient (Wildman–Crippen LogP) is 5.03. The summed E-state index contributed by atoms with van der Waals surface area (Å²) in [4.78, 5) is 0. The van der Waals surface area contributed by atoms with E-state index in [1.807, 2.05) is 0 Å². The molecule has 1 aliphatic rings. The second kappa shape index (κ2) is 8.53. The lowest BCUT2D eigenvalue weighted by atomic mass is 9.75. The Bertz CT molecular complexity index is 193. The molecule has 0 aromatic heterocycles. The van der Waals surface area contributed by atoms with Crippen LogP contribution in [0.2, 0.25) is 0 Å². The van der Waals surface area contributed by atoms with E-state index in [2.05, 4.69) is 36.7 Å². The van der Waals surface area contributed by atoms with Crippen molar-refractivity contribution in [3.63, 3.8) is 0 Å². The van der Waals surface area contributed by atoms with Crippen LogP contribution in [0.1, 0.15) is 59.3 Å². The first-order valence-electron chi connectivity index (χ1n) is 7.32. The van der Waals surface area contributed by atoms with Gasteiger partial charge in [0.05, 0.1) is 6.10 Å². The molecule has 0 spiro atoms. The van der Waals surface area contributed by atoms with Gasteiger partial charge in [0.15, 0.2) is 0 Å². The molecule has 102 valence electrons. The van der Waals surface area contributed by atoms with Gasteiger partial charge in [0, 0.05) is 11.9 Å². The van der Waals surface area contributed by atoms with E-state index in [1.54, 1.807) is 0 Å². The van der Waals surface area contributed by atoms with E-state index < -0.39 is 0 Å². The van der Waals surface area contributed by atoms with Crippen LogP contribution in [0.4, 0.5) is 0 Å². The number of alkyl halides is 1. The monoisotopic (exact) mass is 304 g/mol. The molecule has 0 aromatic rings. The number of hydrogen-bond acceptors (Lipinski definition) is 1. The zero-order valence-electron chi connectivity index (χ0n) is 11.8. The van der Waals surface area contributed by atoms with Gasteiger partial charge in [-0.3, -0.25) is 0 Å². The summed E-state index contributed by atoms with van der Waals surface area (Å²) in [6.07, 6.45) is 8.36. The molecule has 0 radical (unpaired) electrons. The predicted molar refractivity (Wildman–Crippen MR) is 78.7 cm³/mol. The highest BCUT2D eigenvalue weighted by Crippen LogP contribution is 2.35. The number of ether oxygens (including phenoxy) is 1. The molecule has 3 atom stereocenters. The Morgan fingerprint density at radius 2 is 1.94 bits per heavy atom. The number of halogens is 1. The van der Waals surface area contributed by atoms with E-state index >= 15 is 0 Å². The van der Waals surface area contributed by atoms with Crippen LogP contribution >= 0.6 is 15.9 Å². The van der Waals surface area contributed by atoms with Crippen molar-refractivity contribution >= 4 is 15.9 Å². The van der Waals surface area contributed by atoms with Crippen molar-refractivity contribution < 1.29 is 4.74 Å². The number of rotatable bonds is 7. The van der Waals surface area contributed by atoms with E-state index in [1.165, 1.54) is 38.5 Å². The smallest absolute Gasteiger partial charge is 0.0608 e. The maximum absolute atomic E-state index is 6.16. The average Bonchev–Trinajstić information content (AvgIpc) is 2.28. The van der Waals surface area contributed by atoms with Crippen LogP contribution < -0.4 is 0 Å². The molecule has 2 heteroatoms. The first kappa shape index (κ1) is 15.5. The molecule has 1 aliphatic carbocycles. The molecule has 0 saturated heterocycles. The molecule has 1 saturated carbocycles.